The van der Waals surface area contributed by atoms with Crippen molar-refractivity contribution in [2.75, 3.05) is 13.2 Å². The molecule has 1 aliphatic heterocycles. The van der Waals surface area contributed by atoms with Gasteiger partial charge in [0, 0.05) is 37.1 Å². The monoisotopic (exact) mass is 314 g/mol. The van der Waals surface area contributed by atoms with Crippen LogP contribution in [-0.4, -0.2) is 41.3 Å². The molecule has 3 atom stereocenters. The van der Waals surface area contributed by atoms with Crippen molar-refractivity contribution in [3.05, 3.63) is 54.2 Å². The van der Waals surface area contributed by atoms with Crippen LogP contribution in [-0.2, 0) is 22.6 Å². The van der Waals surface area contributed by atoms with Crippen LogP contribution in [0.5, 0.6) is 0 Å². The minimum atomic E-state index is 0.173. The molecule has 5 nitrogen and oxygen atoms in total. The molecule has 1 saturated heterocycles. The van der Waals surface area contributed by atoms with Gasteiger partial charge in [0.2, 0.25) is 0 Å². The van der Waals surface area contributed by atoms with Gasteiger partial charge in [-0.2, -0.15) is 0 Å². The first kappa shape index (κ1) is 14.9. The molecule has 0 spiro atoms. The summed E-state index contributed by atoms with van der Waals surface area (Å²) < 4.78 is 17.4. The zero-order valence-corrected chi connectivity index (χ0v) is 13.1. The van der Waals surface area contributed by atoms with E-state index in [1.165, 1.54) is 5.56 Å². The summed E-state index contributed by atoms with van der Waals surface area (Å²) in [4.78, 5) is 6.64. The molecule has 1 aliphatic carbocycles. The highest BCUT2D eigenvalue weighted by atomic mass is 16.5. The molecule has 2 aromatic rings. The number of rotatable bonds is 5. The Morgan fingerprint density at radius 1 is 1.26 bits per heavy atom. The standard InChI is InChI=1S/C18H22N2O3/c1-2-14(10-19-6-1)13-23-17-4-3-16-18(17)22-9-7-20(16)11-15-5-8-21-12-15/h1-2,5-6,8,10,12,16-18H,3-4,7,9,11,13H2/t16-,17-,18-/m1/s1. The fourth-order valence-corrected chi connectivity index (χ4v) is 3.67. The van der Waals surface area contributed by atoms with Crippen molar-refractivity contribution in [2.45, 2.75) is 44.2 Å². The van der Waals surface area contributed by atoms with Crippen molar-refractivity contribution in [2.24, 2.45) is 0 Å². The Bertz CT molecular complexity index is 602. The van der Waals surface area contributed by atoms with E-state index in [9.17, 15) is 0 Å². The lowest BCUT2D eigenvalue weighted by Crippen LogP contribution is -2.51. The molecular weight excluding hydrogens is 292 g/mol. The second kappa shape index (κ2) is 6.83. The maximum atomic E-state index is 6.13. The number of morpholine rings is 1. The minimum Gasteiger partial charge on any atom is -0.472 e. The molecule has 0 bridgehead atoms. The highest BCUT2D eigenvalue weighted by molar-refractivity contribution is 5.08. The van der Waals surface area contributed by atoms with Crippen molar-refractivity contribution in [1.82, 2.24) is 9.88 Å². The summed E-state index contributed by atoms with van der Waals surface area (Å²) in [5, 5.41) is 0. The number of aromatic nitrogens is 1. The van der Waals surface area contributed by atoms with E-state index in [0.29, 0.717) is 12.6 Å². The molecule has 23 heavy (non-hydrogen) atoms. The van der Waals surface area contributed by atoms with Gasteiger partial charge in [0.1, 0.15) is 0 Å². The van der Waals surface area contributed by atoms with Crippen LogP contribution in [0.4, 0.5) is 0 Å². The van der Waals surface area contributed by atoms with Gasteiger partial charge in [-0.1, -0.05) is 6.07 Å². The molecular formula is C18H22N2O3. The van der Waals surface area contributed by atoms with Gasteiger partial charge in [-0.25, -0.2) is 0 Å². The zero-order chi connectivity index (χ0) is 15.5. The molecule has 2 aliphatic rings. The van der Waals surface area contributed by atoms with Crippen LogP contribution >= 0.6 is 0 Å². The quantitative estimate of drug-likeness (QED) is 0.849. The third-order valence-corrected chi connectivity index (χ3v) is 4.80. The fourth-order valence-electron chi connectivity index (χ4n) is 3.67. The Hall–Kier alpha value is -1.69. The Kier molecular flexibility index (Phi) is 4.41. The number of hydrogen-bond acceptors (Lipinski definition) is 5. The maximum Gasteiger partial charge on any atom is 0.0992 e. The molecule has 122 valence electrons. The predicted octanol–water partition coefficient (Wildman–Crippen LogP) is 2.62. The molecule has 0 unspecified atom stereocenters. The topological polar surface area (TPSA) is 47.7 Å². The summed E-state index contributed by atoms with van der Waals surface area (Å²) in [6.45, 7) is 3.27. The molecule has 3 heterocycles. The zero-order valence-electron chi connectivity index (χ0n) is 13.1. The van der Waals surface area contributed by atoms with Gasteiger partial charge in [-0.15, -0.1) is 0 Å². The lowest BCUT2D eigenvalue weighted by atomic mass is 10.1. The van der Waals surface area contributed by atoms with Crippen LogP contribution in [0, 0.1) is 0 Å². The summed E-state index contributed by atoms with van der Waals surface area (Å²) >= 11 is 0. The highest BCUT2D eigenvalue weighted by Crippen LogP contribution is 2.33. The summed E-state index contributed by atoms with van der Waals surface area (Å²) in [5.41, 5.74) is 2.34. The molecule has 1 saturated carbocycles. The number of nitrogens with zero attached hydrogens (tertiary/aromatic N) is 2. The SMILES string of the molecule is c1cncc(CO[C@@H]2CC[C@@H]3[C@H]2OCCN3Cc2ccoc2)c1. The Morgan fingerprint density at radius 3 is 3.09 bits per heavy atom. The van der Waals surface area contributed by atoms with Gasteiger partial charge in [0.25, 0.3) is 0 Å². The highest BCUT2D eigenvalue weighted by Gasteiger charge is 2.43. The minimum absolute atomic E-state index is 0.173. The molecule has 2 aromatic heterocycles. The lowest BCUT2D eigenvalue weighted by Gasteiger charge is -2.38. The van der Waals surface area contributed by atoms with Gasteiger partial charge in [-0.05, 0) is 30.5 Å². The number of furan rings is 1. The van der Waals surface area contributed by atoms with E-state index >= 15 is 0 Å². The van der Waals surface area contributed by atoms with Crippen molar-refractivity contribution < 1.29 is 13.9 Å². The van der Waals surface area contributed by atoms with Crippen molar-refractivity contribution in [1.29, 1.82) is 0 Å². The van der Waals surface area contributed by atoms with Crippen LogP contribution in [0.2, 0.25) is 0 Å². The van der Waals surface area contributed by atoms with Crippen LogP contribution in [0.3, 0.4) is 0 Å². The first-order chi connectivity index (χ1) is 11.4. The van der Waals surface area contributed by atoms with Gasteiger partial charge < -0.3 is 13.9 Å². The van der Waals surface area contributed by atoms with Gasteiger partial charge in [0.05, 0.1) is 37.9 Å². The third kappa shape index (κ3) is 3.32. The lowest BCUT2D eigenvalue weighted by molar-refractivity contribution is -0.118. The predicted molar refractivity (Wildman–Crippen MR) is 84.7 cm³/mol. The van der Waals surface area contributed by atoms with E-state index in [1.54, 1.807) is 12.5 Å². The van der Waals surface area contributed by atoms with E-state index in [4.69, 9.17) is 13.9 Å². The number of ether oxygens (including phenoxy) is 2. The van der Waals surface area contributed by atoms with Crippen molar-refractivity contribution in [3.63, 3.8) is 0 Å². The van der Waals surface area contributed by atoms with E-state index < -0.39 is 0 Å². The number of fused-ring (bicyclic) bond motifs is 1. The van der Waals surface area contributed by atoms with Gasteiger partial charge in [-0.3, -0.25) is 9.88 Å². The Morgan fingerprint density at radius 2 is 2.26 bits per heavy atom. The van der Waals surface area contributed by atoms with E-state index in [-0.39, 0.29) is 12.2 Å². The molecule has 0 amide bonds. The summed E-state index contributed by atoms with van der Waals surface area (Å²) in [6, 6.07) is 6.47. The third-order valence-electron chi connectivity index (χ3n) is 4.80. The van der Waals surface area contributed by atoms with Crippen LogP contribution < -0.4 is 0 Å². The second-order valence-corrected chi connectivity index (χ2v) is 6.29. The number of hydrogen-bond donors (Lipinski definition) is 0. The maximum absolute atomic E-state index is 6.13. The first-order valence-electron chi connectivity index (χ1n) is 8.27. The van der Waals surface area contributed by atoms with Crippen molar-refractivity contribution >= 4 is 0 Å². The van der Waals surface area contributed by atoms with Crippen LogP contribution in [0.15, 0.2) is 47.5 Å². The summed E-state index contributed by atoms with van der Waals surface area (Å²) in [6.07, 6.45) is 9.74. The molecule has 4 rings (SSSR count). The fraction of sp³-hybridized carbons (Fsp3) is 0.500. The molecule has 5 heteroatoms. The van der Waals surface area contributed by atoms with E-state index in [2.05, 4.69) is 9.88 Å². The van der Waals surface area contributed by atoms with Gasteiger partial charge >= 0.3 is 0 Å². The molecule has 0 N–H and O–H groups in total. The average molecular weight is 314 g/mol. The number of pyridine rings is 1. The second-order valence-electron chi connectivity index (χ2n) is 6.29. The molecule has 0 radical (unpaired) electrons. The van der Waals surface area contributed by atoms with Crippen molar-refractivity contribution in [3.8, 4) is 0 Å². The van der Waals surface area contributed by atoms with E-state index in [0.717, 1.165) is 38.1 Å². The van der Waals surface area contributed by atoms with Gasteiger partial charge in [0.15, 0.2) is 0 Å². The largest absolute Gasteiger partial charge is 0.472 e. The van der Waals surface area contributed by atoms with Crippen LogP contribution in [0.1, 0.15) is 24.0 Å². The molecule has 0 aromatic carbocycles. The smallest absolute Gasteiger partial charge is 0.0992 e. The van der Waals surface area contributed by atoms with E-state index in [1.807, 2.05) is 30.7 Å². The average Bonchev–Trinajstić information content (AvgIpc) is 3.24. The molecule has 2 fully saturated rings. The Balaban J connectivity index is 1.37. The first-order valence-corrected chi connectivity index (χ1v) is 8.27. The summed E-state index contributed by atoms with van der Waals surface area (Å²) in [7, 11) is 0. The summed E-state index contributed by atoms with van der Waals surface area (Å²) in [5.74, 6) is 0. The normalized spacial score (nSPS) is 27.9. The Labute approximate surface area is 136 Å². The van der Waals surface area contributed by atoms with Crippen LogP contribution in [0.25, 0.3) is 0 Å².